The lowest BCUT2D eigenvalue weighted by Gasteiger charge is -2.26. The predicted octanol–water partition coefficient (Wildman–Crippen LogP) is 4.86. The van der Waals surface area contributed by atoms with Crippen LogP contribution in [0.3, 0.4) is 0 Å². The van der Waals surface area contributed by atoms with Gasteiger partial charge in [-0.15, -0.1) is 0 Å². The van der Waals surface area contributed by atoms with Gasteiger partial charge in [-0.2, -0.15) is 0 Å². The second-order valence-corrected chi connectivity index (χ2v) is 8.84. The van der Waals surface area contributed by atoms with Crippen LogP contribution in [0.4, 0.5) is 0 Å². The summed E-state index contributed by atoms with van der Waals surface area (Å²) < 4.78 is 11.2. The lowest BCUT2D eigenvalue weighted by atomic mass is 9.93. The van der Waals surface area contributed by atoms with Crippen LogP contribution in [0.5, 0.6) is 5.75 Å². The number of carbonyl (C=O) groups is 2. The van der Waals surface area contributed by atoms with Gasteiger partial charge in [-0.05, 0) is 63.8 Å². The average molecular weight is 452 g/mol. The molecule has 6 heteroatoms. The summed E-state index contributed by atoms with van der Waals surface area (Å²) in [5.74, 6) is -1.04. The van der Waals surface area contributed by atoms with E-state index >= 15 is 0 Å². The normalized spacial score (nSPS) is 17.8. The van der Waals surface area contributed by atoms with Crippen LogP contribution in [0, 0.1) is 20.8 Å². The van der Waals surface area contributed by atoms with Gasteiger partial charge >= 0.3 is 0 Å². The van der Waals surface area contributed by atoms with Gasteiger partial charge in [0, 0.05) is 13.2 Å². The van der Waals surface area contributed by atoms with E-state index < -0.39 is 17.7 Å². The molecule has 1 atom stereocenters. The molecule has 0 radical (unpaired) electrons. The van der Waals surface area contributed by atoms with Crippen LogP contribution in [-0.2, 0) is 14.3 Å². The number of aryl methyl sites for hydroxylation is 3. The van der Waals surface area contributed by atoms with Crippen molar-refractivity contribution < 1.29 is 24.2 Å². The molecule has 1 saturated heterocycles. The number of nitrogens with zero attached hydrogens (tertiary/aromatic N) is 1. The van der Waals surface area contributed by atoms with Crippen molar-refractivity contribution in [2.75, 3.05) is 20.3 Å². The Kier molecular flexibility index (Phi) is 7.59. The van der Waals surface area contributed by atoms with Crippen LogP contribution < -0.4 is 4.74 Å². The lowest BCUT2D eigenvalue weighted by Crippen LogP contribution is -2.31. The summed E-state index contributed by atoms with van der Waals surface area (Å²) in [7, 11) is 1.53. The zero-order valence-electron chi connectivity index (χ0n) is 20.3. The molecule has 1 N–H and O–H groups in total. The molecule has 1 aliphatic heterocycles. The van der Waals surface area contributed by atoms with Crippen molar-refractivity contribution in [1.82, 2.24) is 4.90 Å². The minimum atomic E-state index is -0.690. The van der Waals surface area contributed by atoms with E-state index in [0.717, 1.165) is 22.3 Å². The maximum Gasteiger partial charge on any atom is 0.295 e. The third-order valence-electron chi connectivity index (χ3n) is 5.77. The summed E-state index contributed by atoms with van der Waals surface area (Å²) in [5.41, 5.74) is 4.04. The number of aliphatic hydroxyl groups excluding tert-OH is 1. The van der Waals surface area contributed by atoms with E-state index in [1.165, 1.54) is 7.11 Å². The highest BCUT2D eigenvalue weighted by atomic mass is 16.5. The first-order valence-electron chi connectivity index (χ1n) is 11.3. The number of amides is 1. The number of aliphatic hydroxyl groups is 1. The van der Waals surface area contributed by atoms with Crippen molar-refractivity contribution in [3.05, 3.63) is 69.8 Å². The van der Waals surface area contributed by atoms with Gasteiger partial charge in [0.05, 0.1) is 30.4 Å². The van der Waals surface area contributed by atoms with E-state index in [2.05, 4.69) is 0 Å². The number of rotatable bonds is 8. The zero-order valence-corrected chi connectivity index (χ0v) is 20.3. The largest absolute Gasteiger partial charge is 0.507 e. The summed E-state index contributed by atoms with van der Waals surface area (Å²) in [6.45, 7) is 10.5. The third kappa shape index (κ3) is 5.11. The monoisotopic (exact) mass is 451 g/mol. The molecule has 2 aromatic rings. The molecule has 33 heavy (non-hydrogen) atoms. The molecule has 6 nitrogen and oxygen atoms in total. The van der Waals surface area contributed by atoms with Crippen LogP contribution in [0.2, 0.25) is 0 Å². The van der Waals surface area contributed by atoms with Gasteiger partial charge in [0.1, 0.15) is 11.5 Å². The first-order chi connectivity index (χ1) is 15.6. The van der Waals surface area contributed by atoms with E-state index in [-0.39, 0.29) is 17.4 Å². The van der Waals surface area contributed by atoms with Crippen molar-refractivity contribution >= 4 is 17.4 Å². The van der Waals surface area contributed by atoms with E-state index in [9.17, 15) is 14.7 Å². The van der Waals surface area contributed by atoms with Crippen molar-refractivity contribution in [1.29, 1.82) is 0 Å². The molecule has 1 unspecified atom stereocenters. The quantitative estimate of drug-likeness (QED) is 0.269. The molecule has 0 aliphatic carbocycles. The fourth-order valence-electron chi connectivity index (χ4n) is 4.40. The average Bonchev–Trinajstić information content (AvgIpc) is 3.00. The first kappa shape index (κ1) is 24.5. The number of benzene rings is 2. The molecule has 176 valence electrons. The number of ketones is 1. The molecule has 0 saturated carbocycles. The minimum Gasteiger partial charge on any atom is -0.507 e. The molecule has 1 fully saturated rings. The van der Waals surface area contributed by atoms with Crippen LogP contribution in [-0.4, -0.2) is 48.1 Å². The number of likely N-dealkylation sites (tertiary alicyclic amines) is 1. The molecule has 0 spiro atoms. The number of hydrogen-bond donors (Lipinski definition) is 1. The molecule has 1 amide bonds. The summed E-state index contributed by atoms with van der Waals surface area (Å²) in [5, 5.41) is 11.4. The van der Waals surface area contributed by atoms with Crippen molar-refractivity contribution in [3.8, 4) is 5.75 Å². The fourth-order valence-corrected chi connectivity index (χ4v) is 4.40. The van der Waals surface area contributed by atoms with Crippen LogP contribution in [0.1, 0.15) is 54.1 Å². The van der Waals surface area contributed by atoms with E-state index in [4.69, 9.17) is 9.47 Å². The standard InChI is InChI=1S/C27H33NO5/c1-16(2)33-12-8-11-28-23(20-10-7-9-17(3)14-20)22(25(30)27(28)31)24(29)21-15-18(4)13-19(5)26(21)32-6/h7,9-10,13-16,23,29H,8,11-12H2,1-6H3/b24-22+. The Morgan fingerprint density at radius 2 is 1.82 bits per heavy atom. The molecule has 1 aliphatic rings. The minimum absolute atomic E-state index is 0.0821. The highest BCUT2D eigenvalue weighted by Crippen LogP contribution is 2.42. The van der Waals surface area contributed by atoms with Gasteiger partial charge < -0.3 is 19.5 Å². The van der Waals surface area contributed by atoms with Gasteiger partial charge in [-0.1, -0.05) is 35.9 Å². The van der Waals surface area contributed by atoms with Crippen LogP contribution in [0.25, 0.3) is 5.76 Å². The first-order valence-corrected chi connectivity index (χ1v) is 11.3. The molecule has 2 aromatic carbocycles. The molecule has 1 heterocycles. The van der Waals surface area contributed by atoms with Crippen LogP contribution >= 0.6 is 0 Å². The summed E-state index contributed by atoms with van der Waals surface area (Å²) in [6.07, 6.45) is 0.672. The summed E-state index contributed by atoms with van der Waals surface area (Å²) in [6, 6.07) is 10.7. The van der Waals surface area contributed by atoms with Crippen molar-refractivity contribution in [3.63, 3.8) is 0 Å². The Balaban J connectivity index is 2.14. The zero-order chi connectivity index (χ0) is 24.3. The SMILES string of the molecule is COc1c(C)cc(C)cc1/C(O)=C1\C(=O)C(=O)N(CCCOC(C)C)C1c1cccc(C)c1. The van der Waals surface area contributed by atoms with Crippen LogP contribution in [0.15, 0.2) is 42.0 Å². The Morgan fingerprint density at radius 1 is 1.09 bits per heavy atom. The molecular weight excluding hydrogens is 418 g/mol. The highest BCUT2D eigenvalue weighted by molar-refractivity contribution is 6.46. The summed E-state index contributed by atoms with van der Waals surface area (Å²) >= 11 is 0. The maximum atomic E-state index is 13.2. The maximum absolute atomic E-state index is 13.2. The lowest BCUT2D eigenvalue weighted by molar-refractivity contribution is -0.140. The van der Waals surface area contributed by atoms with Crippen molar-refractivity contribution in [2.24, 2.45) is 0 Å². The number of hydrogen-bond acceptors (Lipinski definition) is 5. The number of carbonyl (C=O) groups excluding carboxylic acids is 2. The molecular formula is C27H33NO5. The Morgan fingerprint density at radius 3 is 2.45 bits per heavy atom. The van der Waals surface area contributed by atoms with E-state index in [1.807, 2.05) is 65.0 Å². The molecule has 0 bridgehead atoms. The second-order valence-electron chi connectivity index (χ2n) is 8.84. The smallest absolute Gasteiger partial charge is 0.295 e. The van der Waals surface area contributed by atoms with Gasteiger partial charge in [0.15, 0.2) is 0 Å². The topological polar surface area (TPSA) is 76.1 Å². The number of Topliss-reactive ketones (excluding diaryl/α,β-unsaturated/α-hetero) is 1. The highest BCUT2D eigenvalue weighted by Gasteiger charge is 2.46. The number of ether oxygens (including phenoxy) is 2. The van der Waals surface area contributed by atoms with Gasteiger partial charge in [-0.25, -0.2) is 0 Å². The number of methoxy groups -OCH3 is 1. The fraction of sp³-hybridized carbons (Fsp3) is 0.407. The van der Waals surface area contributed by atoms with E-state index in [1.54, 1.807) is 11.0 Å². The van der Waals surface area contributed by atoms with Crippen molar-refractivity contribution in [2.45, 2.75) is 53.2 Å². The Hall–Kier alpha value is -3.12. The molecule has 0 aromatic heterocycles. The molecule has 3 rings (SSSR count). The van der Waals surface area contributed by atoms with Gasteiger partial charge in [0.2, 0.25) is 0 Å². The van der Waals surface area contributed by atoms with E-state index in [0.29, 0.717) is 30.9 Å². The second kappa shape index (κ2) is 10.2. The Bertz CT molecular complexity index is 1090. The van der Waals surface area contributed by atoms with Gasteiger partial charge in [0.25, 0.3) is 11.7 Å². The van der Waals surface area contributed by atoms with Gasteiger partial charge in [-0.3, -0.25) is 9.59 Å². The predicted molar refractivity (Wildman–Crippen MR) is 128 cm³/mol. The summed E-state index contributed by atoms with van der Waals surface area (Å²) in [4.78, 5) is 27.9. The third-order valence-corrected chi connectivity index (χ3v) is 5.77. The Labute approximate surface area is 195 Å².